The molecule has 0 aromatic heterocycles. The van der Waals surface area contributed by atoms with Crippen LogP contribution >= 0.6 is 0 Å². The SMILES string of the molecule is CCN1CCN(C(=O)C2CC(=O)N(Cc3ccc(OC)cc3)C2)CC1. The molecule has 1 unspecified atom stereocenters. The predicted molar refractivity (Wildman–Crippen MR) is 95.2 cm³/mol. The van der Waals surface area contributed by atoms with Crippen LogP contribution in [0.1, 0.15) is 18.9 Å². The summed E-state index contributed by atoms with van der Waals surface area (Å²) in [5.74, 6) is 0.817. The maximum Gasteiger partial charge on any atom is 0.228 e. The molecule has 6 heteroatoms. The van der Waals surface area contributed by atoms with Crippen molar-refractivity contribution in [2.45, 2.75) is 19.9 Å². The van der Waals surface area contributed by atoms with Crippen LogP contribution in [0.25, 0.3) is 0 Å². The molecule has 0 radical (unpaired) electrons. The van der Waals surface area contributed by atoms with Crippen molar-refractivity contribution >= 4 is 11.8 Å². The van der Waals surface area contributed by atoms with Crippen molar-refractivity contribution < 1.29 is 14.3 Å². The number of piperazine rings is 1. The standard InChI is InChI=1S/C19H27N3O3/c1-3-20-8-10-21(11-9-20)19(24)16-12-18(23)22(14-16)13-15-4-6-17(25-2)7-5-15/h4-7,16H,3,8-14H2,1-2H3. The first kappa shape index (κ1) is 17.7. The molecule has 2 heterocycles. The Kier molecular flexibility index (Phi) is 5.58. The van der Waals surface area contributed by atoms with E-state index >= 15 is 0 Å². The number of hydrogen-bond acceptors (Lipinski definition) is 4. The number of nitrogens with zero attached hydrogens (tertiary/aromatic N) is 3. The van der Waals surface area contributed by atoms with Crippen LogP contribution in [0.15, 0.2) is 24.3 Å². The highest BCUT2D eigenvalue weighted by Gasteiger charge is 2.37. The minimum Gasteiger partial charge on any atom is -0.497 e. The quantitative estimate of drug-likeness (QED) is 0.805. The summed E-state index contributed by atoms with van der Waals surface area (Å²) in [5, 5.41) is 0. The van der Waals surface area contributed by atoms with Crippen LogP contribution in [0.3, 0.4) is 0 Å². The summed E-state index contributed by atoms with van der Waals surface area (Å²) in [5.41, 5.74) is 1.05. The number of likely N-dealkylation sites (N-methyl/N-ethyl adjacent to an activating group) is 1. The largest absolute Gasteiger partial charge is 0.497 e. The molecule has 6 nitrogen and oxygen atoms in total. The van der Waals surface area contributed by atoms with Crippen molar-refractivity contribution in [1.29, 1.82) is 0 Å². The van der Waals surface area contributed by atoms with Crippen LogP contribution in [0.4, 0.5) is 0 Å². The van der Waals surface area contributed by atoms with Crippen LogP contribution in [0, 0.1) is 5.92 Å². The van der Waals surface area contributed by atoms with Gasteiger partial charge in [-0.05, 0) is 24.2 Å². The van der Waals surface area contributed by atoms with Gasteiger partial charge in [0.2, 0.25) is 11.8 Å². The lowest BCUT2D eigenvalue weighted by molar-refractivity contribution is -0.137. The Balaban J connectivity index is 1.55. The van der Waals surface area contributed by atoms with Crippen LogP contribution in [0.5, 0.6) is 5.75 Å². The zero-order valence-electron chi connectivity index (χ0n) is 15.1. The highest BCUT2D eigenvalue weighted by Crippen LogP contribution is 2.23. The Morgan fingerprint density at radius 1 is 1.16 bits per heavy atom. The third kappa shape index (κ3) is 4.12. The zero-order chi connectivity index (χ0) is 17.8. The molecule has 1 aromatic carbocycles. The summed E-state index contributed by atoms with van der Waals surface area (Å²) in [6, 6.07) is 7.72. The minimum absolute atomic E-state index is 0.0707. The molecule has 0 spiro atoms. The van der Waals surface area contributed by atoms with Gasteiger partial charge in [0.05, 0.1) is 13.0 Å². The van der Waals surface area contributed by atoms with Crippen LogP contribution in [-0.4, -0.2) is 72.9 Å². The molecular formula is C19H27N3O3. The van der Waals surface area contributed by atoms with Crippen molar-refractivity contribution in [3.05, 3.63) is 29.8 Å². The highest BCUT2D eigenvalue weighted by atomic mass is 16.5. The molecule has 2 aliphatic heterocycles. The van der Waals surface area contributed by atoms with Gasteiger partial charge in [0, 0.05) is 45.7 Å². The molecule has 25 heavy (non-hydrogen) atoms. The molecule has 2 amide bonds. The maximum absolute atomic E-state index is 12.7. The normalized spacial score (nSPS) is 21.7. The number of rotatable bonds is 5. The molecule has 0 aliphatic carbocycles. The summed E-state index contributed by atoms with van der Waals surface area (Å²) in [6.07, 6.45) is 0.336. The topological polar surface area (TPSA) is 53.1 Å². The Bertz CT molecular complexity index is 609. The number of methoxy groups -OCH3 is 1. The molecule has 0 bridgehead atoms. The van der Waals surface area contributed by atoms with Gasteiger partial charge in [-0.25, -0.2) is 0 Å². The van der Waals surface area contributed by atoms with Crippen molar-refractivity contribution in [3.8, 4) is 5.75 Å². The first-order valence-electron chi connectivity index (χ1n) is 9.02. The van der Waals surface area contributed by atoms with Gasteiger partial charge in [0.25, 0.3) is 0 Å². The van der Waals surface area contributed by atoms with Gasteiger partial charge >= 0.3 is 0 Å². The fourth-order valence-electron chi connectivity index (χ4n) is 3.58. The monoisotopic (exact) mass is 345 g/mol. The molecule has 0 saturated carbocycles. The van der Waals surface area contributed by atoms with E-state index < -0.39 is 0 Å². The van der Waals surface area contributed by atoms with E-state index in [0.29, 0.717) is 19.5 Å². The third-order valence-corrected chi connectivity index (χ3v) is 5.23. The van der Waals surface area contributed by atoms with Gasteiger partial charge < -0.3 is 19.4 Å². The second-order valence-corrected chi connectivity index (χ2v) is 6.78. The van der Waals surface area contributed by atoms with Crippen molar-refractivity contribution in [2.75, 3.05) is 46.4 Å². The smallest absolute Gasteiger partial charge is 0.228 e. The van der Waals surface area contributed by atoms with E-state index in [4.69, 9.17) is 4.74 Å². The summed E-state index contributed by atoms with van der Waals surface area (Å²) in [6.45, 7) is 7.65. The highest BCUT2D eigenvalue weighted by molar-refractivity contribution is 5.89. The second kappa shape index (κ2) is 7.87. The molecular weight excluding hydrogens is 318 g/mol. The van der Waals surface area contributed by atoms with Gasteiger partial charge in [-0.3, -0.25) is 9.59 Å². The van der Waals surface area contributed by atoms with Gasteiger partial charge in [-0.15, -0.1) is 0 Å². The van der Waals surface area contributed by atoms with E-state index in [9.17, 15) is 9.59 Å². The van der Waals surface area contributed by atoms with E-state index in [1.165, 1.54) is 0 Å². The van der Waals surface area contributed by atoms with E-state index in [1.807, 2.05) is 29.2 Å². The number of carbonyl (C=O) groups is 2. The van der Waals surface area contributed by atoms with Crippen molar-refractivity contribution in [2.24, 2.45) is 5.92 Å². The number of benzene rings is 1. The van der Waals surface area contributed by atoms with E-state index in [0.717, 1.165) is 44.0 Å². The molecule has 1 atom stereocenters. The average molecular weight is 345 g/mol. The summed E-state index contributed by atoms with van der Waals surface area (Å²) < 4.78 is 5.16. The molecule has 3 rings (SSSR count). The predicted octanol–water partition coefficient (Wildman–Crippen LogP) is 1.21. The Morgan fingerprint density at radius 3 is 2.44 bits per heavy atom. The molecule has 136 valence electrons. The molecule has 2 aliphatic rings. The maximum atomic E-state index is 12.7. The van der Waals surface area contributed by atoms with Crippen molar-refractivity contribution in [3.63, 3.8) is 0 Å². The second-order valence-electron chi connectivity index (χ2n) is 6.78. The zero-order valence-corrected chi connectivity index (χ0v) is 15.1. The van der Waals surface area contributed by atoms with Gasteiger partial charge in [0.15, 0.2) is 0 Å². The Labute approximate surface area is 149 Å². The number of carbonyl (C=O) groups excluding carboxylic acids is 2. The van der Waals surface area contributed by atoms with Gasteiger partial charge in [-0.2, -0.15) is 0 Å². The number of ether oxygens (including phenoxy) is 1. The average Bonchev–Trinajstić information content (AvgIpc) is 3.02. The summed E-state index contributed by atoms with van der Waals surface area (Å²) in [7, 11) is 1.63. The Hall–Kier alpha value is -2.08. The molecule has 2 fully saturated rings. The van der Waals surface area contributed by atoms with Crippen LogP contribution < -0.4 is 4.74 Å². The number of hydrogen-bond donors (Lipinski definition) is 0. The number of amides is 2. The minimum atomic E-state index is -0.195. The summed E-state index contributed by atoms with van der Waals surface area (Å²) >= 11 is 0. The first-order valence-corrected chi connectivity index (χ1v) is 9.02. The molecule has 0 N–H and O–H groups in total. The van der Waals surface area contributed by atoms with E-state index in [-0.39, 0.29) is 17.7 Å². The third-order valence-electron chi connectivity index (χ3n) is 5.23. The Morgan fingerprint density at radius 2 is 1.84 bits per heavy atom. The lowest BCUT2D eigenvalue weighted by Gasteiger charge is -2.35. The van der Waals surface area contributed by atoms with Gasteiger partial charge in [-0.1, -0.05) is 19.1 Å². The van der Waals surface area contributed by atoms with Gasteiger partial charge in [0.1, 0.15) is 5.75 Å². The number of likely N-dealkylation sites (tertiary alicyclic amines) is 1. The lowest BCUT2D eigenvalue weighted by Crippen LogP contribution is -2.50. The van der Waals surface area contributed by atoms with Crippen LogP contribution in [0.2, 0.25) is 0 Å². The molecule has 1 aromatic rings. The first-order chi connectivity index (χ1) is 12.1. The fourth-order valence-corrected chi connectivity index (χ4v) is 3.58. The van der Waals surface area contributed by atoms with E-state index in [2.05, 4.69) is 11.8 Å². The molecule has 2 saturated heterocycles. The lowest BCUT2D eigenvalue weighted by atomic mass is 10.1. The van der Waals surface area contributed by atoms with Crippen LogP contribution in [-0.2, 0) is 16.1 Å². The van der Waals surface area contributed by atoms with E-state index in [1.54, 1.807) is 12.0 Å². The van der Waals surface area contributed by atoms with Crippen molar-refractivity contribution in [1.82, 2.24) is 14.7 Å². The fraction of sp³-hybridized carbons (Fsp3) is 0.579. The summed E-state index contributed by atoms with van der Waals surface area (Å²) in [4.78, 5) is 31.1.